The van der Waals surface area contributed by atoms with Crippen LogP contribution in [0, 0.1) is 11.3 Å². The highest BCUT2D eigenvalue weighted by Crippen LogP contribution is 2.40. The van der Waals surface area contributed by atoms with E-state index in [9.17, 15) is 0 Å². The molecule has 0 spiro atoms. The standard InChI is InChI=1S/C19H38N2/c1-16(2)20-14-19(11-9-17(3)10-12-19)15-21-13-7-5-6-8-18(21)4/h16-18,20H,5-15H2,1-4H3. The summed E-state index contributed by atoms with van der Waals surface area (Å²) in [6, 6.07) is 1.41. The Balaban J connectivity index is 2.00. The van der Waals surface area contributed by atoms with Crippen LogP contribution in [0.2, 0.25) is 0 Å². The van der Waals surface area contributed by atoms with Gasteiger partial charge in [0.15, 0.2) is 0 Å². The molecule has 1 aliphatic heterocycles. The Morgan fingerprint density at radius 3 is 2.43 bits per heavy atom. The Morgan fingerprint density at radius 2 is 1.76 bits per heavy atom. The zero-order valence-corrected chi connectivity index (χ0v) is 15.0. The molecule has 1 aliphatic carbocycles. The van der Waals surface area contributed by atoms with E-state index in [4.69, 9.17) is 0 Å². The molecule has 0 aromatic rings. The second-order valence-corrected chi connectivity index (χ2v) is 8.39. The molecule has 0 bridgehead atoms. The Morgan fingerprint density at radius 1 is 1.05 bits per heavy atom. The summed E-state index contributed by atoms with van der Waals surface area (Å²) in [5.41, 5.74) is 0.537. The minimum atomic E-state index is 0.537. The van der Waals surface area contributed by atoms with Crippen molar-refractivity contribution in [1.82, 2.24) is 10.2 Å². The minimum absolute atomic E-state index is 0.537. The van der Waals surface area contributed by atoms with Crippen molar-refractivity contribution in [2.45, 2.75) is 91.1 Å². The van der Waals surface area contributed by atoms with Crippen molar-refractivity contribution in [3.05, 3.63) is 0 Å². The number of nitrogens with one attached hydrogen (secondary N) is 1. The van der Waals surface area contributed by atoms with Gasteiger partial charge in [-0.05, 0) is 50.5 Å². The van der Waals surface area contributed by atoms with Crippen molar-refractivity contribution in [2.75, 3.05) is 19.6 Å². The smallest absolute Gasteiger partial charge is 0.00671 e. The molecular weight excluding hydrogens is 256 g/mol. The average Bonchev–Trinajstić information content (AvgIpc) is 2.65. The van der Waals surface area contributed by atoms with Gasteiger partial charge in [-0.3, -0.25) is 0 Å². The molecule has 124 valence electrons. The maximum absolute atomic E-state index is 3.76. The van der Waals surface area contributed by atoms with Gasteiger partial charge in [-0.1, -0.05) is 46.5 Å². The summed E-state index contributed by atoms with van der Waals surface area (Å²) < 4.78 is 0. The maximum atomic E-state index is 3.76. The summed E-state index contributed by atoms with van der Waals surface area (Å²) in [6.07, 6.45) is 11.4. The lowest BCUT2D eigenvalue weighted by Crippen LogP contribution is -2.49. The van der Waals surface area contributed by atoms with Gasteiger partial charge in [0.1, 0.15) is 0 Å². The Bertz CT molecular complexity index is 292. The number of likely N-dealkylation sites (tertiary alicyclic amines) is 1. The average molecular weight is 295 g/mol. The van der Waals surface area contributed by atoms with Crippen LogP contribution in [0.4, 0.5) is 0 Å². The third-order valence-electron chi connectivity index (χ3n) is 5.95. The quantitative estimate of drug-likeness (QED) is 0.806. The summed E-state index contributed by atoms with van der Waals surface area (Å²) in [7, 11) is 0. The Hall–Kier alpha value is -0.0800. The van der Waals surface area contributed by atoms with Crippen molar-refractivity contribution < 1.29 is 0 Å². The maximum Gasteiger partial charge on any atom is 0.00671 e. The van der Waals surface area contributed by atoms with Gasteiger partial charge in [-0.15, -0.1) is 0 Å². The first-order valence-corrected chi connectivity index (χ1v) is 9.48. The molecule has 21 heavy (non-hydrogen) atoms. The third kappa shape index (κ3) is 5.25. The van der Waals surface area contributed by atoms with Crippen LogP contribution in [0.1, 0.15) is 79.1 Å². The van der Waals surface area contributed by atoms with Crippen LogP contribution in [0.5, 0.6) is 0 Å². The van der Waals surface area contributed by atoms with Crippen LogP contribution < -0.4 is 5.32 Å². The van der Waals surface area contributed by atoms with Gasteiger partial charge in [-0.2, -0.15) is 0 Å². The van der Waals surface area contributed by atoms with Crippen LogP contribution in [-0.2, 0) is 0 Å². The summed E-state index contributed by atoms with van der Waals surface area (Å²) in [6.45, 7) is 13.4. The van der Waals surface area contributed by atoms with E-state index in [1.54, 1.807) is 0 Å². The molecule has 2 rings (SSSR count). The van der Waals surface area contributed by atoms with Gasteiger partial charge in [0, 0.05) is 25.2 Å². The van der Waals surface area contributed by atoms with Crippen LogP contribution in [0.3, 0.4) is 0 Å². The van der Waals surface area contributed by atoms with Crippen molar-refractivity contribution in [2.24, 2.45) is 11.3 Å². The number of hydrogen-bond acceptors (Lipinski definition) is 2. The van der Waals surface area contributed by atoms with Crippen molar-refractivity contribution >= 4 is 0 Å². The first kappa shape index (κ1) is 17.3. The Labute approximate surface area is 133 Å². The molecule has 1 saturated carbocycles. The zero-order valence-electron chi connectivity index (χ0n) is 15.0. The molecule has 0 aromatic carbocycles. The molecule has 2 heteroatoms. The second-order valence-electron chi connectivity index (χ2n) is 8.39. The van der Waals surface area contributed by atoms with Crippen molar-refractivity contribution in [3.8, 4) is 0 Å². The van der Waals surface area contributed by atoms with Crippen LogP contribution in [0.15, 0.2) is 0 Å². The molecule has 2 nitrogen and oxygen atoms in total. The molecule has 0 aromatic heterocycles. The monoisotopic (exact) mass is 294 g/mol. The van der Waals surface area contributed by atoms with Gasteiger partial charge in [0.2, 0.25) is 0 Å². The third-order valence-corrected chi connectivity index (χ3v) is 5.95. The molecule has 0 radical (unpaired) electrons. The van der Waals surface area contributed by atoms with Gasteiger partial charge < -0.3 is 10.2 Å². The highest BCUT2D eigenvalue weighted by molar-refractivity contribution is 4.91. The largest absolute Gasteiger partial charge is 0.314 e. The van der Waals surface area contributed by atoms with E-state index in [0.29, 0.717) is 11.5 Å². The second kappa shape index (κ2) is 7.97. The van der Waals surface area contributed by atoms with Crippen LogP contribution in [-0.4, -0.2) is 36.6 Å². The summed E-state index contributed by atoms with van der Waals surface area (Å²) in [4.78, 5) is 2.82. The normalized spacial score (nSPS) is 35.9. The van der Waals surface area contributed by atoms with E-state index < -0.39 is 0 Å². The molecule has 1 heterocycles. The number of rotatable bonds is 5. The van der Waals surface area contributed by atoms with Gasteiger partial charge in [0.25, 0.3) is 0 Å². The lowest BCUT2D eigenvalue weighted by atomic mass is 9.70. The highest BCUT2D eigenvalue weighted by atomic mass is 15.2. The van der Waals surface area contributed by atoms with E-state index in [1.807, 2.05) is 0 Å². The fourth-order valence-electron chi connectivity index (χ4n) is 4.19. The fourth-order valence-corrected chi connectivity index (χ4v) is 4.19. The van der Waals surface area contributed by atoms with Gasteiger partial charge in [-0.25, -0.2) is 0 Å². The molecule has 2 fully saturated rings. The first-order chi connectivity index (χ1) is 10.0. The summed E-state index contributed by atoms with van der Waals surface area (Å²) in [5, 5.41) is 3.76. The lowest BCUT2D eigenvalue weighted by molar-refractivity contribution is 0.0665. The molecule has 1 N–H and O–H groups in total. The Kier molecular flexibility index (Phi) is 6.55. The van der Waals surface area contributed by atoms with E-state index in [2.05, 4.69) is 37.9 Å². The van der Waals surface area contributed by atoms with Crippen molar-refractivity contribution in [3.63, 3.8) is 0 Å². The predicted molar refractivity (Wildman–Crippen MR) is 92.7 cm³/mol. The van der Waals surface area contributed by atoms with Gasteiger partial charge >= 0.3 is 0 Å². The molecule has 1 saturated heterocycles. The summed E-state index contributed by atoms with van der Waals surface area (Å²) in [5.74, 6) is 0.943. The molecule has 0 amide bonds. The number of hydrogen-bond donors (Lipinski definition) is 1. The van der Waals surface area contributed by atoms with E-state index >= 15 is 0 Å². The van der Waals surface area contributed by atoms with Crippen molar-refractivity contribution in [1.29, 1.82) is 0 Å². The van der Waals surface area contributed by atoms with Crippen LogP contribution in [0.25, 0.3) is 0 Å². The lowest BCUT2D eigenvalue weighted by Gasteiger charge is -2.44. The number of nitrogens with zero attached hydrogens (tertiary/aromatic N) is 1. The van der Waals surface area contributed by atoms with E-state index in [0.717, 1.165) is 12.0 Å². The zero-order chi connectivity index (χ0) is 15.3. The molecule has 1 atom stereocenters. The highest BCUT2D eigenvalue weighted by Gasteiger charge is 2.36. The van der Waals surface area contributed by atoms with Gasteiger partial charge in [0.05, 0.1) is 0 Å². The summed E-state index contributed by atoms with van der Waals surface area (Å²) >= 11 is 0. The molecular formula is C19H38N2. The first-order valence-electron chi connectivity index (χ1n) is 9.48. The predicted octanol–water partition coefficient (Wildman–Crippen LogP) is 4.45. The topological polar surface area (TPSA) is 15.3 Å². The fraction of sp³-hybridized carbons (Fsp3) is 1.00. The van der Waals surface area contributed by atoms with Crippen LogP contribution >= 0.6 is 0 Å². The SMILES string of the molecule is CC1CCC(CNC(C)C)(CN2CCCCCC2C)CC1. The molecule has 2 aliphatic rings. The minimum Gasteiger partial charge on any atom is -0.314 e. The van der Waals surface area contributed by atoms with E-state index in [-0.39, 0.29) is 0 Å². The molecule has 1 unspecified atom stereocenters. The van der Waals surface area contributed by atoms with E-state index in [1.165, 1.54) is 71.0 Å².